The summed E-state index contributed by atoms with van der Waals surface area (Å²) in [4.78, 5) is 21.4. The molecule has 3 heterocycles. The second kappa shape index (κ2) is 9.54. The molecule has 2 aliphatic heterocycles. The summed E-state index contributed by atoms with van der Waals surface area (Å²) in [6, 6.07) is 10.1. The Morgan fingerprint density at radius 1 is 0.839 bits per heavy atom. The SMILES string of the molecule is O=C(c1ccc(S(=O)(=O)N2CCCCCC2)cc1)N1CCN(c2ccc(Cl)cn2)CC1. The molecular formula is C22H27ClN4O3S. The summed E-state index contributed by atoms with van der Waals surface area (Å²) < 4.78 is 27.4. The number of benzene rings is 1. The van der Waals surface area contributed by atoms with E-state index in [4.69, 9.17) is 11.6 Å². The van der Waals surface area contributed by atoms with Gasteiger partial charge < -0.3 is 9.80 Å². The average molecular weight is 463 g/mol. The van der Waals surface area contributed by atoms with Crippen LogP contribution >= 0.6 is 11.6 Å². The lowest BCUT2D eigenvalue weighted by atomic mass is 10.2. The van der Waals surface area contributed by atoms with E-state index in [2.05, 4.69) is 9.88 Å². The fourth-order valence-electron chi connectivity index (χ4n) is 4.08. The van der Waals surface area contributed by atoms with Crippen molar-refractivity contribution in [3.05, 3.63) is 53.2 Å². The summed E-state index contributed by atoms with van der Waals surface area (Å²) in [5.41, 5.74) is 0.507. The van der Waals surface area contributed by atoms with Crippen LogP contribution in [0.5, 0.6) is 0 Å². The number of carbonyl (C=O) groups excluding carboxylic acids is 1. The standard InChI is InChI=1S/C22H27ClN4O3S/c23-19-7-10-21(24-17-19)25-13-15-26(16-14-25)22(28)18-5-8-20(9-6-18)31(29,30)27-11-3-1-2-4-12-27/h5-10,17H,1-4,11-16H2. The highest BCUT2D eigenvalue weighted by atomic mass is 35.5. The summed E-state index contributed by atoms with van der Waals surface area (Å²) in [5.74, 6) is 0.766. The topological polar surface area (TPSA) is 73.8 Å². The molecule has 2 fully saturated rings. The fourth-order valence-corrected chi connectivity index (χ4v) is 5.71. The van der Waals surface area contributed by atoms with E-state index in [1.807, 2.05) is 12.1 Å². The maximum atomic E-state index is 12.9. The minimum absolute atomic E-state index is 0.0811. The summed E-state index contributed by atoms with van der Waals surface area (Å²) in [7, 11) is -3.51. The highest BCUT2D eigenvalue weighted by Gasteiger charge is 2.26. The molecule has 0 N–H and O–H groups in total. The molecule has 1 aromatic heterocycles. The second-order valence-electron chi connectivity index (χ2n) is 7.96. The van der Waals surface area contributed by atoms with Gasteiger partial charge in [-0.15, -0.1) is 0 Å². The van der Waals surface area contributed by atoms with Crippen LogP contribution in [-0.4, -0.2) is 67.8 Å². The molecule has 2 saturated heterocycles. The van der Waals surface area contributed by atoms with Gasteiger partial charge in [0.15, 0.2) is 0 Å². The molecule has 0 unspecified atom stereocenters. The molecule has 31 heavy (non-hydrogen) atoms. The van der Waals surface area contributed by atoms with Gasteiger partial charge in [-0.2, -0.15) is 4.31 Å². The van der Waals surface area contributed by atoms with Crippen LogP contribution in [0.25, 0.3) is 0 Å². The van der Waals surface area contributed by atoms with Gasteiger partial charge >= 0.3 is 0 Å². The Hall–Kier alpha value is -2.16. The number of pyridine rings is 1. The third kappa shape index (κ3) is 5.02. The van der Waals surface area contributed by atoms with Gasteiger partial charge in [0.1, 0.15) is 5.82 Å². The van der Waals surface area contributed by atoms with Crippen molar-refractivity contribution in [2.75, 3.05) is 44.2 Å². The third-order valence-electron chi connectivity index (χ3n) is 5.91. The number of sulfonamides is 1. The second-order valence-corrected chi connectivity index (χ2v) is 10.3. The smallest absolute Gasteiger partial charge is 0.253 e. The van der Waals surface area contributed by atoms with Crippen LogP contribution < -0.4 is 4.90 Å². The largest absolute Gasteiger partial charge is 0.353 e. The van der Waals surface area contributed by atoms with Crippen molar-refractivity contribution in [3.8, 4) is 0 Å². The summed E-state index contributed by atoms with van der Waals surface area (Å²) in [6.07, 6.45) is 5.55. The van der Waals surface area contributed by atoms with E-state index in [0.29, 0.717) is 49.9 Å². The van der Waals surface area contributed by atoms with Crippen molar-refractivity contribution < 1.29 is 13.2 Å². The Labute approximate surface area is 188 Å². The van der Waals surface area contributed by atoms with Gasteiger partial charge in [-0.25, -0.2) is 13.4 Å². The first-order valence-corrected chi connectivity index (χ1v) is 12.5. The van der Waals surface area contributed by atoms with E-state index >= 15 is 0 Å². The lowest BCUT2D eigenvalue weighted by Crippen LogP contribution is -2.49. The molecule has 7 nitrogen and oxygen atoms in total. The zero-order valence-corrected chi connectivity index (χ0v) is 19.0. The zero-order valence-electron chi connectivity index (χ0n) is 17.4. The molecule has 166 valence electrons. The minimum atomic E-state index is -3.51. The quantitative estimate of drug-likeness (QED) is 0.697. The number of piperazine rings is 1. The van der Waals surface area contributed by atoms with Gasteiger partial charge in [-0.05, 0) is 49.2 Å². The number of carbonyl (C=O) groups is 1. The van der Waals surface area contributed by atoms with Crippen LogP contribution in [-0.2, 0) is 10.0 Å². The molecule has 1 aromatic carbocycles. The van der Waals surface area contributed by atoms with E-state index in [1.54, 1.807) is 39.7 Å². The van der Waals surface area contributed by atoms with Crippen LogP contribution in [0.1, 0.15) is 36.0 Å². The number of hydrogen-bond donors (Lipinski definition) is 0. The first-order chi connectivity index (χ1) is 14.9. The molecular weight excluding hydrogens is 436 g/mol. The molecule has 2 aliphatic rings. The minimum Gasteiger partial charge on any atom is -0.353 e. The lowest BCUT2D eigenvalue weighted by Gasteiger charge is -2.35. The van der Waals surface area contributed by atoms with Gasteiger partial charge in [0.05, 0.1) is 9.92 Å². The Kier molecular flexibility index (Phi) is 6.79. The van der Waals surface area contributed by atoms with Crippen LogP contribution in [0, 0.1) is 0 Å². The predicted octanol–water partition coefficient (Wildman–Crippen LogP) is 3.26. The zero-order chi connectivity index (χ0) is 21.8. The van der Waals surface area contributed by atoms with Crippen LogP contribution in [0.2, 0.25) is 5.02 Å². The Morgan fingerprint density at radius 3 is 2.06 bits per heavy atom. The highest BCUT2D eigenvalue weighted by Crippen LogP contribution is 2.22. The van der Waals surface area contributed by atoms with E-state index in [0.717, 1.165) is 31.5 Å². The molecule has 9 heteroatoms. The summed E-state index contributed by atoms with van der Waals surface area (Å²) >= 11 is 5.90. The molecule has 1 amide bonds. The Morgan fingerprint density at radius 2 is 1.48 bits per heavy atom. The van der Waals surface area contributed by atoms with Crippen LogP contribution in [0.15, 0.2) is 47.5 Å². The van der Waals surface area contributed by atoms with Crippen molar-refractivity contribution >= 4 is 33.3 Å². The fraction of sp³-hybridized carbons (Fsp3) is 0.455. The number of nitrogens with zero attached hydrogens (tertiary/aromatic N) is 4. The maximum Gasteiger partial charge on any atom is 0.253 e. The molecule has 0 radical (unpaired) electrons. The molecule has 0 atom stereocenters. The number of amides is 1. The molecule has 0 spiro atoms. The van der Waals surface area contributed by atoms with Gasteiger partial charge in [-0.3, -0.25) is 4.79 Å². The molecule has 0 aliphatic carbocycles. The van der Waals surface area contributed by atoms with Gasteiger partial charge in [0, 0.05) is 51.0 Å². The lowest BCUT2D eigenvalue weighted by molar-refractivity contribution is 0.0746. The van der Waals surface area contributed by atoms with E-state index in [9.17, 15) is 13.2 Å². The number of hydrogen-bond acceptors (Lipinski definition) is 5. The maximum absolute atomic E-state index is 12.9. The monoisotopic (exact) mass is 462 g/mol. The number of aromatic nitrogens is 1. The van der Waals surface area contributed by atoms with Crippen molar-refractivity contribution in [1.29, 1.82) is 0 Å². The normalized spacial score (nSPS) is 18.6. The van der Waals surface area contributed by atoms with Gasteiger partial charge in [-0.1, -0.05) is 24.4 Å². The first-order valence-electron chi connectivity index (χ1n) is 10.7. The number of rotatable bonds is 4. The third-order valence-corrected chi connectivity index (χ3v) is 8.04. The van der Waals surface area contributed by atoms with E-state index < -0.39 is 10.0 Å². The molecule has 0 saturated carbocycles. The van der Waals surface area contributed by atoms with Crippen molar-refractivity contribution in [2.45, 2.75) is 30.6 Å². The number of anilines is 1. The van der Waals surface area contributed by atoms with Crippen molar-refractivity contribution in [2.24, 2.45) is 0 Å². The van der Waals surface area contributed by atoms with Gasteiger partial charge in [0.25, 0.3) is 5.91 Å². The highest BCUT2D eigenvalue weighted by molar-refractivity contribution is 7.89. The Bertz CT molecular complexity index is 996. The molecule has 2 aromatic rings. The number of halogens is 1. The van der Waals surface area contributed by atoms with E-state index in [1.165, 1.54) is 0 Å². The van der Waals surface area contributed by atoms with E-state index in [-0.39, 0.29) is 10.8 Å². The molecule has 4 rings (SSSR count). The average Bonchev–Trinajstić information content (AvgIpc) is 3.10. The van der Waals surface area contributed by atoms with Crippen LogP contribution in [0.4, 0.5) is 5.82 Å². The summed E-state index contributed by atoms with van der Waals surface area (Å²) in [5, 5.41) is 0.596. The predicted molar refractivity (Wildman–Crippen MR) is 121 cm³/mol. The van der Waals surface area contributed by atoms with Crippen molar-refractivity contribution in [1.82, 2.24) is 14.2 Å². The summed E-state index contributed by atoms with van der Waals surface area (Å²) in [6.45, 7) is 3.66. The Balaban J connectivity index is 1.39. The van der Waals surface area contributed by atoms with Gasteiger partial charge in [0.2, 0.25) is 10.0 Å². The first kappa shape index (κ1) is 22.0. The van der Waals surface area contributed by atoms with Crippen LogP contribution in [0.3, 0.4) is 0 Å². The van der Waals surface area contributed by atoms with Crippen molar-refractivity contribution in [3.63, 3.8) is 0 Å². The molecule has 0 bridgehead atoms.